The van der Waals surface area contributed by atoms with Crippen LogP contribution in [0.25, 0.3) is 11.4 Å². The largest absolute Gasteiger partial charge is 0.311 e. The molecule has 0 unspecified atom stereocenters. The Balaban J connectivity index is 1.79. The Bertz CT molecular complexity index is 1320. The van der Waals surface area contributed by atoms with E-state index in [1.165, 1.54) is 19.1 Å². The van der Waals surface area contributed by atoms with Crippen LogP contribution in [0.4, 0.5) is 20.2 Å². The first kappa shape index (κ1) is 21.8. The molecule has 9 nitrogen and oxygen atoms in total. The normalized spacial score (nSPS) is 14.0. The molecule has 0 fully saturated rings. The van der Waals surface area contributed by atoms with Crippen molar-refractivity contribution in [1.29, 1.82) is 0 Å². The average Bonchev–Trinajstić information content (AvgIpc) is 2.97. The van der Waals surface area contributed by atoms with E-state index in [0.29, 0.717) is 24.9 Å². The molecule has 0 radical (unpaired) electrons. The quantitative estimate of drug-likeness (QED) is 0.452. The number of aromatic nitrogens is 3. The molecule has 0 spiro atoms. The van der Waals surface area contributed by atoms with E-state index in [1.54, 1.807) is 4.57 Å². The van der Waals surface area contributed by atoms with Crippen LogP contribution in [0.3, 0.4) is 0 Å². The van der Waals surface area contributed by atoms with E-state index in [-0.39, 0.29) is 17.0 Å². The predicted octanol–water partition coefficient (Wildman–Crippen LogP) is 3.97. The Morgan fingerprint density at radius 2 is 1.91 bits per heavy atom. The van der Waals surface area contributed by atoms with Gasteiger partial charge in [-0.25, -0.2) is 17.2 Å². The summed E-state index contributed by atoms with van der Waals surface area (Å²) in [7, 11) is -4.56. The van der Waals surface area contributed by atoms with Gasteiger partial charge in [0.15, 0.2) is 10.7 Å². The topological polar surface area (TPSA) is 120 Å². The molecule has 0 aliphatic carbocycles. The fourth-order valence-electron chi connectivity index (χ4n) is 3.81. The average molecular weight is 463 g/mol. The fourth-order valence-corrected chi connectivity index (χ4v) is 5.27. The van der Waals surface area contributed by atoms with Crippen LogP contribution in [0.1, 0.15) is 30.7 Å². The molecular weight excluding hydrogens is 444 g/mol. The van der Waals surface area contributed by atoms with Crippen molar-refractivity contribution in [1.82, 2.24) is 14.8 Å². The number of aryl methyl sites for hydroxylation is 2. The van der Waals surface area contributed by atoms with Gasteiger partial charge in [0.1, 0.15) is 17.5 Å². The number of fused-ring (bicyclic) bond motifs is 1. The Kier molecular flexibility index (Phi) is 5.63. The molecular formula is C20H19F2N5O4S. The van der Waals surface area contributed by atoms with Crippen molar-refractivity contribution in [2.45, 2.75) is 44.0 Å². The van der Waals surface area contributed by atoms with Gasteiger partial charge in [0.25, 0.3) is 15.7 Å². The monoisotopic (exact) mass is 463 g/mol. The number of halogens is 2. The van der Waals surface area contributed by atoms with Gasteiger partial charge in [-0.1, -0.05) is 18.6 Å². The Morgan fingerprint density at radius 1 is 1.12 bits per heavy atom. The van der Waals surface area contributed by atoms with E-state index in [0.717, 1.165) is 31.4 Å². The van der Waals surface area contributed by atoms with Gasteiger partial charge in [-0.3, -0.25) is 14.8 Å². The molecule has 0 saturated heterocycles. The van der Waals surface area contributed by atoms with Gasteiger partial charge in [-0.15, -0.1) is 10.2 Å². The van der Waals surface area contributed by atoms with Crippen LogP contribution in [0.2, 0.25) is 0 Å². The lowest BCUT2D eigenvalue weighted by Crippen LogP contribution is -2.17. The number of anilines is 1. The number of nitrogens with zero attached hydrogens (tertiary/aromatic N) is 4. The van der Waals surface area contributed by atoms with Crippen LogP contribution in [0.5, 0.6) is 0 Å². The molecule has 0 amide bonds. The second-order valence-corrected chi connectivity index (χ2v) is 9.12. The molecule has 168 valence electrons. The second kappa shape index (κ2) is 8.26. The van der Waals surface area contributed by atoms with Gasteiger partial charge < -0.3 is 4.57 Å². The van der Waals surface area contributed by atoms with E-state index in [1.807, 2.05) is 4.72 Å². The molecule has 1 aliphatic rings. The minimum atomic E-state index is -4.56. The van der Waals surface area contributed by atoms with Crippen molar-refractivity contribution in [2.75, 3.05) is 4.72 Å². The molecule has 1 aromatic heterocycles. The minimum absolute atomic E-state index is 0.109. The lowest BCUT2D eigenvalue weighted by Gasteiger charge is -2.13. The van der Waals surface area contributed by atoms with Gasteiger partial charge in [0, 0.05) is 25.1 Å². The molecule has 2 aromatic carbocycles. The maximum atomic E-state index is 14.7. The summed E-state index contributed by atoms with van der Waals surface area (Å²) < 4.78 is 58.9. The number of nitro groups is 1. The smallest absolute Gasteiger partial charge is 0.290 e. The third kappa shape index (κ3) is 3.93. The summed E-state index contributed by atoms with van der Waals surface area (Å²) in [5.41, 5.74) is -1.21. The summed E-state index contributed by atoms with van der Waals surface area (Å²) in [5, 5.41) is 19.5. The second-order valence-electron chi connectivity index (χ2n) is 7.50. The number of hydrogen-bond acceptors (Lipinski definition) is 6. The van der Waals surface area contributed by atoms with E-state index < -0.39 is 42.9 Å². The Hall–Kier alpha value is -3.41. The molecule has 0 bridgehead atoms. The maximum Gasteiger partial charge on any atom is 0.290 e. The van der Waals surface area contributed by atoms with Crippen LogP contribution in [-0.4, -0.2) is 28.1 Å². The summed E-state index contributed by atoms with van der Waals surface area (Å²) in [6.45, 7) is 1.95. The molecule has 0 atom stereocenters. The van der Waals surface area contributed by atoms with E-state index in [9.17, 15) is 27.3 Å². The number of nitro benzene ring substituents is 1. The first-order chi connectivity index (χ1) is 15.2. The summed E-state index contributed by atoms with van der Waals surface area (Å²) in [6.07, 6.45) is 3.42. The van der Waals surface area contributed by atoms with Crippen LogP contribution in [0, 0.1) is 28.7 Å². The SMILES string of the molecule is Cc1cccc([N+](=O)[O-])c1S(=O)(=O)Nc1cc(-c2nnc3n2CCCCC3)c(F)cc1F. The van der Waals surface area contributed by atoms with Gasteiger partial charge in [-0.05, 0) is 31.4 Å². The van der Waals surface area contributed by atoms with Crippen molar-refractivity contribution in [3.8, 4) is 11.4 Å². The van der Waals surface area contributed by atoms with Gasteiger partial charge in [0.05, 0.1) is 16.2 Å². The molecule has 12 heteroatoms. The Morgan fingerprint density at radius 3 is 2.66 bits per heavy atom. The standard InChI is InChI=1S/C20H19F2N5O4S/c1-12-6-5-7-17(27(28)29)19(12)32(30,31)25-16-10-13(14(21)11-15(16)22)20-24-23-18-8-3-2-4-9-26(18)20/h5-7,10-11,25H,2-4,8-9H2,1H3. The lowest BCUT2D eigenvalue weighted by atomic mass is 10.1. The highest BCUT2D eigenvalue weighted by molar-refractivity contribution is 7.93. The van der Waals surface area contributed by atoms with Crippen molar-refractivity contribution in [2.24, 2.45) is 0 Å². The summed E-state index contributed by atoms with van der Waals surface area (Å²) in [5.74, 6) is -1.24. The first-order valence-corrected chi connectivity index (χ1v) is 11.4. The van der Waals surface area contributed by atoms with Gasteiger partial charge >= 0.3 is 0 Å². The van der Waals surface area contributed by atoms with Crippen molar-refractivity contribution < 1.29 is 22.1 Å². The van der Waals surface area contributed by atoms with Crippen LogP contribution < -0.4 is 4.72 Å². The molecule has 4 rings (SSSR count). The summed E-state index contributed by atoms with van der Waals surface area (Å²) >= 11 is 0. The summed E-state index contributed by atoms with van der Waals surface area (Å²) in [4.78, 5) is 9.91. The van der Waals surface area contributed by atoms with E-state index in [4.69, 9.17) is 0 Å². The van der Waals surface area contributed by atoms with E-state index in [2.05, 4.69) is 10.2 Å². The van der Waals surface area contributed by atoms with Crippen molar-refractivity contribution >= 4 is 21.4 Å². The lowest BCUT2D eigenvalue weighted by molar-refractivity contribution is -0.387. The fraction of sp³-hybridized carbons (Fsp3) is 0.300. The number of rotatable bonds is 5. The van der Waals surface area contributed by atoms with Gasteiger partial charge in [-0.2, -0.15) is 0 Å². The number of hydrogen-bond donors (Lipinski definition) is 1. The summed E-state index contributed by atoms with van der Waals surface area (Å²) in [6, 6.07) is 5.32. The number of benzene rings is 2. The van der Waals surface area contributed by atoms with Crippen molar-refractivity contribution in [3.63, 3.8) is 0 Å². The zero-order valence-corrected chi connectivity index (χ0v) is 17.8. The van der Waals surface area contributed by atoms with Gasteiger partial charge in [0.2, 0.25) is 0 Å². The third-order valence-corrected chi connectivity index (χ3v) is 6.87. The highest BCUT2D eigenvalue weighted by atomic mass is 32.2. The van der Waals surface area contributed by atoms with Crippen molar-refractivity contribution in [3.05, 3.63) is 63.5 Å². The molecule has 1 N–H and O–H groups in total. The van der Waals surface area contributed by atoms with Crippen LogP contribution in [-0.2, 0) is 23.0 Å². The molecule has 2 heterocycles. The Labute approximate surface area is 182 Å². The molecule has 1 aliphatic heterocycles. The highest BCUT2D eigenvalue weighted by Gasteiger charge is 2.29. The maximum absolute atomic E-state index is 14.7. The zero-order valence-electron chi connectivity index (χ0n) is 17.0. The zero-order chi connectivity index (χ0) is 23.0. The van der Waals surface area contributed by atoms with Crippen LogP contribution >= 0.6 is 0 Å². The van der Waals surface area contributed by atoms with E-state index >= 15 is 0 Å². The molecule has 0 saturated carbocycles. The van der Waals surface area contributed by atoms with Crippen LogP contribution in [0.15, 0.2) is 35.2 Å². The highest BCUT2D eigenvalue weighted by Crippen LogP contribution is 2.33. The minimum Gasteiger partial charge on any atom is -0.311 e. The predicted molar refractivity (Wildman–Crippen MR) is 112 cm³/mol. The number of nitrogens with one attached hydrogen (secondary N) is 1. The number of sulfonamides is 1. The molecule has 32 heavy (non-hydrogen) atoms. The third-order valence-electron chi connectivity index (χ3n) is 5.31. The molecule has 3 aromatic rings. The first-order valence-electron chi connectivity index (χ1n) is 9.87.